The SMILES string of the molecule is CC(C)OC(=O)COc1ccc2c(c1)OC(=Cc1ccncc1)C2=O. The molecule has 0 saturated heterocycles. The number of benzene rings is 1. The second-order valence-corrected chi connectivity index (χ2v) is 5.71. The van der Waals surface area contributed by atoms with Crippen molar-refractivity contribution in [2.24, 2.45) is 0 Å². The van der Waals surface area contributed by atoms with E-state index in [2.05, 4.69) is 4.98 Å². The number of ketones is 1. The predicted molar refractivity (Wildman–Crippen MR) is 90.3 cm³/mol. The zero-order chi connectivity index (χ0) is 17.8. The maximum atomic E-state index is 12.4. The number of ether oxygens (including phenoxy) is 3. The first-order valence-electron chi connectivity index (χ1n) is 7.83. The fourth-order valence-electron chi connectivity index (χ4n) is 2.31. The van der Waals surface area contributed by atoms with E-state index < -0.39 is 5.97 Å². The average molecular weight is 339 g/mol. The first-order chi connectivity index (χ1) is 12.0. The molecule has 0 atom stereocenters. The van der Waals surface area contributed by atoms with E-state index in [-0.39, 0.29) is 24.3 Å². The molecule has 2 heterocycles. The highest BCUT2D eigenvalue weighted by Gasteiger charge is 2.27. The van der Waals surface area contributed by atoms with Crippen LogP contribution in [-0.2, 0) is 9.53 Å². The van der Waals surface area contributed by atoms with Crippen molar-refractivity contribution in [1.29, 1.82) is 0 Å². The van der Waals surface area contributed by atoms with E-state index in [1.54, 1.807) is 62.6 Å². The second-order valence-electron chi connectivity index (χ2n) is 5.71. The van der Waals surface area contributed by atoms with Crippen molar-refractivity contribution in [3.8, 4) is 11.5 Å². The first-order valence-corrected chi connectivity index (χ1v) is 7.83. The summed E-state index contributed by atoms with van der Waals surface area (Å²) in [7, 11) is 0. The number of pyridine rings is 1. The molecule has 0 fully saturated rings. The quantitative estimate of drug-likeness (QED) is 0.616. The van der Waals surface area contributed by atoms with Gasteiger partial charge >= 0.3 is 5.97 Å². The Hall–Kier alpha value is -3.15. The van der Waals surface area contributed by atoms with Gasteiger partial charge in [0.25, 0.3) is 0 Å². The average Bonchev–Trinajstić information content (AvgIpc) is 2.89. The Labute approximate surface area is 145 Å². The predicted octanol–water partition coefficient (Wildman–Crippen LogP) is 3.03. The summed E-state index contributed by atoms with van der Waals surface area (Å²) in [6, 6.07) is 8.39. The molecule has 0 unspecified atom stereocenters. The van der Waals surface area contributed by atoms with E-state index >= 15 is 0 Å². The standard InChI is InChI=1S/C19H17NO5/c1-12(2)24-18(21)11-23-14-3-4-15-16(10-14)25-17(19(15)22)9-13-5-7-20-8-6-13/h3-10,12H,11H2,1-2H3. The zero-order valence-electron chi connectivity index (χ0n) is 13.9. The Bertz CT molecular complexity index is 827. The highest BCUT2D eigenvalue weighted by molar-refractivity contribution is 6.14. The van der Waals surface area contributed by atoms with Gasteiger partial charge < -0.3 is 14.2 Å². The van der Waals surface area contributed by atoms with Crippen molar-refractivity contribution >= 4 is 17.8 Å². The first kappa shape index (κ1) is 16.7. The molecule has 128 valence electrons. The summed E-state index contributed by atoms with van der Waals surface area (Å²) in [5.41, 5.74) is 1.27. The largest absolute Gasteiger partial charge is 0.482 e. The van der Waals surface area contributed by atoms with E-state index in [1.807, 2.05) is 0 Å². The van der Waals surface area contributed by atoms with Gasteiger partial charge in [-0.3, -0.25) is 9.78 Å². The number of aromatic nitrogens is 1. The summed E-state index contributed by atoms with van der Waals surface area (Å²) < 4.78 is 16.0. The number of hydrogen-bond donors (Lipinski definition) is 0. The number of allylic oxidation sites excluding steroid dienone is 1. The van der Waals surface area contributed by atoms with Gasteiger partial charge in [0.15, 0.2) is 12.4 Å². The number of Topliss-reactive ketones (excluding diaryl/α,β-unsaturated/α-hetero) is 1. The lowest BCUT2D eigenvalue weighted by molar-refractivity contribution is -0.149. The number of nitrogens with zero attached hydrogens (tertiary/aromatic N) is 1. The third kappa shape index (κ3) is 4.03. The smallest absolute Gasteiger partial charge is 0.344 e. The van der Waals surface area contributed by atoms with E-state index in [9.17, 15) is 9.59 Å². The van der Waals surface area contributed by atoms with Crippen molar-refractivity contribution in [3.05, 3.63) is 59.6 Å². The normalized spacial score (nSPS) is 14.4. The number of esters is 1. The van der Waals surface area contributed by atoms with Crippen molar-refractivity contribution < 1.29 is 23.8 Å². The van der Waals surface area contributed by atoms with Crippen LogP contribution in [0.5, 0.6) is 11.5 Å². The fourth-order valence-corrected chi connectivity index (χ4v) is 2.31. The van der Waals surface area contributed by atoms with Crippen LogP contribution in [0.3, 0.4) is 0 Å². The molecule has 0 radical (unpaired) electrons. The Morgan fingerprint density at radius 3 is 2.72 bits per heavy atom. The van der Waals surface area contributed by atoms with Gasteiger partial charge in [-0.1, -0.05) is 0 Å². The Kier molecular flexibility index (Phi) is 4.79. The summed E-state index contributed by atoms with van der Waals surface area (Å²) in [5.74, 6) is 0.415. The van der Waals surface area contributed by atoms with Crippen LogP contribution in [0.1, 0.15) is 29.8 Å². The fraction of sp³-hybridized carbons (Fsp3) is 0.211. The van der Waals surface area contributed by atoms with Gasteiger partial charge in [0, 0.05) is 18.5 Å². The van der Waals surface area contributed by atoms with Gasteiger partial charge in [0.1, 0.15) is 11.5 Å². The molecular formula is C19H17NO5. The van der Waals surface area contributed by atoms with Crippen LogP contribution in [0.2, 0.25) is 0 Å². The number of carbonyl (C=O) groups is 2. The van der Waals surface area contributed by atoms with Gasteiger partial charge in [-0.15, -0.1) is 0 Å². The molecule has 3 rings (SSSR count). The summed E-state index contributed by atoms with van der Waals surface area (Å²) in [6.07, 6.45) is 4.74. The molecule has 0 saturated carbocycles. The molecule has 1 aliphatic heterocycles. The molecule has 1 aromatic heterocycles. The number of rotatable bonds is 5. The molecule has 2 aromatic rings. The topological polar surface area (TPSA) is 74.7 Å². The number of hydrogen-bond acceptors (Lipinski definition) is 6. The number of carbonyl (C=O) groups excluding carboxylic acids is 2. The van der Waals surface area contributed by atoms with E-state index in [1.165, 1.54) is 0 Å². The monoisotopic (exact) mass is 339 g/mol. The third-order valence-electron chi connectivity index (χ3n) is 3.37. The number of fused-ring (bicyclic) bond motifs is 1. The highest BCUT2D eigenvalue weighted by Crippen LogP contribution is 2.34. The molecule has 0 amide bonds. The molecule has 0 spiro atoms. The molecule has 0 aliphatic carbocycles. The van der Waals surface area contributed by atoms with Crippen LogP contribution in [0, 0.1) is 0 Å². The van der Waals surface area contributed by atoms with Crippen LogP contribution in [0.4, 0.5) is 0 Å². The van der Waals surface area contributed by atoms with Gasteiger partial charge in [0.2, 0.25) is 5.78 Å². The van der Waals surface area contributed by atoms with Crippen molar-refractivity contribution in [1.82, 2.24) is 4.98 Å². The summed E-state index contributed by atoms with van der Waals surface area (Å²) in [6.45, 7) is 3.33. The van der Waals surface area contributed by atoms with Gasteiger partial charge in [-0.05, 0) is 49.8 Å². The van der Waals surface area contributed by atoms with E-state index in [4.69, 9.17) is 14.2 Å². The molecule has 0 N–H and O–H groups in total. The minimum Gasteiger partial charge on any atom is -0.482 e. The minimum atomic E-state index is -0.453. The van der Waals surface area contributed by atoms with Gasteiger partial charge in [-0.25, -0.2) is 4.79 Å². The van der Waals surface area contributed by atoms with E-state index in [0.717, 1.165) is 5.56 Å². The lowest BCUT2D eigenvalue weighted by Gasteiger charge is -2.09. The Morgan fingerprint density at radius 1 is 1.24 bits per heavy atom. The third-order valence-corrected chi connectivity index (χ3v) is 3.37. The van der Waals surface area contributed by atoms with E-state index in [0.29, 0.717) is 17.1 Å². The molecular weight excluding hydrogens is 322 g/mol. The summed E-state index contributed by atoms with van der Waals surface area (Å²) >= 11 is 0. The van der Waals surface area contributed by atoms with Crippen LogP contribution < -0.4 is 9.47 Å². The summed E-state index contributed by atoms with van der Waals surface area (Å²) in [4.78, 5) is 27.8. The lowest BCUT2D eigenvalue weighted by Crippen LogP contribution is -2.18. The molecule has 25 heavy (non-hydrogen) atoms. The Morgan fingerprint density at radius 2 is 2.00 bits per heavy atom. The molecule has 6 heteroatoms. The van der Waals surface area contributed by atoms with Crippen LogP contribution in [-0.4, -0.2) is 29.4 Å². The van der Waals surface area contributed by atoms with Gasteiger partial charge in [-0.2, -0.15) is 0 Å². The van der Waals surface area contributed by atoms with Crippen molar-refractivity contribution in [2.45, 2.75) is 20.0 Å². The maximum absolute atomic E-state index is 12.4. The molecule has 6 nitrogen and oxygen atoms in total. The molecule has 1 aliphatic rings. The Balaban J connectivity index is 1.71. The summed E-state index contributed by atoms with van der Waals surface area (Å²) in [5, 5.41) is 0. The van der Waals surface area contributed by atoms with Crippen molar-refractivity contribution in [2.75, 3.05) is 6.61 Å². The highest BCUT2D eigenvalue weighted by atomic mass is 16.6. The maximum Gasteiger partial charge on any atom is 0.344 e. The molecule has 0 bridgehead atoms. The molecule has 1 aromatic carbocycles. The lowest BCUT2D eigenvalue weighted by atomic mass is 10.1. The van der Waals surface area contributed by atoms with Crippen LogP contribution in [0.25, 0.3) is 6.08 Å². The van der Waals surface area contributed by atoms with Crippen LogP contribution in [0.15, 0.2) is 48.5 Å². The second kappa shape index (κ2) is 7.17. The zero-order valence-corrected chi connectivity index (χ0v) is 13.9. The minimum absolute atomic E-state index is 0.196. The van der Waals surface area contributed by atoms with Crippen LogP contribution >= 0.6 is 0 Å². The van der Waals surface area contributed by atoms with Gasteiger partial charge in [0.05, 0.1) is 11.7 Å². The van der Waals surface area contributed by atoms with Crippen molar-refractivity contribution in [3.63, 3.8) is 0 Å².